The number of benzene rings is 1. The number of rotatable bonds is 3. The Morgan fingerprint density at radius 1 is 1.45 bits per heavy atom. The number of nitrogens with one attached hydrogen (secondary N) is 1. The van der Waals surface area contributed by atoms with Crippen molar-refractivity contribution >= 4 is 29.1 Å². The summed E-state index contributed by atoms with van der Waals surface area (Å²) in [6, 6.07) is 5.35. The van der Waals surface area contributed by atoms with Crippen LogP contribution < -0.4 is 5.32 Å². The van der Waals surface area contributed by atoms with Crippen molar-refractivity contribution in [1.29, 1.82) is 0 Å². The number of hydrogen-bond acceptors (Lipinski definition) is 2. The lowest BCUT2D eigenvalue weighted by Gasteiger charge is -2.31. The predicted octanol–water partition coefficient (Wildman–Crippen LogP) is 3.51. The molecule has 2 atom stereocenters. The Kier molecular flexibility index (Phi) is 5.30. The lowest BCUT2D eigenvalue weighted by atomic mass is 9.97. The zero-order chi connectivity index (χ0) is 14.7. The fourth-order valence-electron chi connectivity index (χ4n) is 2.59. The summed E-state index contributed by atoms with van der Waals surface area (Å²) in [4.78, 5) is 14.3. The summed E-state index contributed by atoms with van der Waals surface area (Å²) in [5, 5.41) is 4.49. The summed E-state index contributed by atoms with van der Waals surface area (Å²) in [5.74, 6) is 0.248. The van der Waals surface area contributed by atoms with E-state index < -0.39 is 0 Å². The molecular weight excluding hydrogens is 295 g/mol. The van der Waals surface area contributed by atoms with Gasteiger partial charge in [0.05, 0.1) is 12.0 Å². The van der Waals surface area contributed by atoms with E-state index in [1.807, 2.05) is 20.0 Å². The van der Waals surface area contributed by atoms with Gasteiger partial charge in [0.2, 0.25) is 5.91 Å². The van der Waals surface area contributed by atoms with Crippen LogP contribution in [0.15, 0.2) is 18.2 Å². The highest BCUT2D eigenvalue weighted by Crippen LogP contribution is 2.30. The number of halogens is 2. The summed E-state index contributed by atoms with van der Waals surface area (Å²) in [6.07, 6.45) is 2.01. The molecule has 0 bridgehead atoms. The van der Waals surface area contributed by atoms with Gasteiger partial charge in [0, 0.05) is 23.6 Å². The summed E-state index contributed by atoms with van der Waals surface area (Å²) in [6.45, 7) is 3.76. The van der Waals surface area contributed by atoms with Crippen molar-refractivity contribution in [2.45, 2.75) is 25.8 Å². The standard InChI is InChI=1S/C15H20Cl2N2O/c1-10(13-6-5-12(16)8-14(13)17)19(2)15(20)11-4-3-7-18-9-11/h5-6,8,10-11,18H,3-4,7,9H2,1-2H3. The summed E-state index contributed by atoms with van der Waals surface area (Å²) < 4.78 is 0. The lowest BCUT2D eigenvalue weighted by molar-refractivity contribution is -0.136. The number of carbonyl (C=O) groups excluding carboxylic acids is 1. The maximum Gasteiger partial charge on any atom is 0.227 e. The minimum absolute atomic E-state index is 0.0609. The molecule has 1 aromatic carbocycles. The largest absolute Gasteiger partial charge is 0.339 e. The number of nitrogens with zero attached hydrogens (tertiary/aromatic N) is 1. The van der Waals surface area contributed by atoms with Crippen LogP contribution in [-0.2, 0) is 4.79 Å². The Bertz CT molecular complexity index is 487. The van der Waals surface area contributed by atoms with Gasteiger partial charge in [0.25, 0.3) is 0 Å². The van der Waals surface area contributed by atoms with Gasteiger partial charge in [-0.15, -0.1) is 0 Å². The first-order valence-electron chi connectivity index (χ1n) is 6.93. The molecule has 20 heavy (non-hydrogen) atoms. The van der Waals surface area contributed by atoms with Crippen molar-refractivity contribution in [3.8, 4) is 0 Å². The number of amides is 1. The minimum Gasteiger partial charge on any atom is -0.339 e. The molecule has 1 saturated heterocycles. The molecule has 1 amide bonds. The summed E-state index contributed by atoms with van der Waals surface area (Å²) in [7, 11) is 1.84. The highest BCUT2D eigenvalue weighted by molar-refractivity contribution is 6.35. The molecule has 1 aliphatic rings. The maximum absolute atomic E-state index is 12.5. The van der Waals surface area contributed by atoms with Crippen LogP contribution in [0.2, 0.25) is 10.0 Å². The fraction of sp³-hybridized carbons (Fsp3) is 0.533. The number of carbonyl (C=O) groups is 1. The van der Waals surface area contributed by atoms with Gasteiger partial charge in [-0.2, -0.15) is 0 Å². The first-order chi connectivity index (χ1) is 9.50. The van der Waals surface area contributed by atoms with E-state index in [0.29, 0.717) is 10.0 Å². The van der Waals surface area contributed by atoms with Crippen molar-refractivity contribution in [1.82, 2.24) is 10.2 Å². The van der Waals surface area contributed by atoms with E-state index in [2.05, 4.69) is 5.32 Å². The van der Waals surface area contributed by atoms with Gasteiger partial charge in [0.1, 0.15) is 0 Å². The highest BCUT2D eigenvalue weighted by Gasteiger charge is 2.27. The van der Waals surface area contributed by atoms with Gasteiger partial charge in [-0.1, -0.05) is 29.3 Å². The molecule has 0 radical (unpaired) electrons. The quantitative estimate of drug-likeness (QED) is 0.926. The van der Waals surface area contributed by atoms with Gasteiger partial charge in [0.15, 0.2) is 0 Å². The van der Waals surface area contributed by atoms with E-state index in [1.54, 1.807) is 17.0 Å². The van der Waals surface area contributed by atoms with E-state index in [9.17, 15) is 4.79 Å². The monoisotopic (exact) mass is 314 g/mol. The fourth-order valence-corrected chi connectivity index (χ4v) is 3.16. The van der Waals surface area contributed by atoms with Crippen molar-refractivity contribution in [2.24, 2.45) is 5.92 Å². The molecule has 0 aliphatic carbocycles. The van der Waals surface area contributed by atoms with E-state index in [1.165, 1.54) is 0 Å². The van der Waals surface area contributed by atoms with Gasteiger partial charge < -0.3 is 10.2 Å². The van der Waals surface area contributed by atoms with Gasteiger partial charge in [-0.3, -0.25) is 4.79 Å². The third kappa shape index (κ3) is 3.46. The molecule has 1 heterocycles. The second-order valence-electron chi connectivity index (χ2n) is 5.33. The molecule has 2 rings (SSSR count). The Balaban J connectivity index is 2.10. The normalized spacial score (nSPS) is 20.5. The second kappa shape index (κ2) is 6.79. The van der Waals surface area contributed by atoms with Crippen LogP contribution in [0.5, 0.6) is 0 Å². The van der Waals surface area contributed by atoms with Crippen LogP contribution in [0.3, 0.4) is 0 Å². The number of piperidine rings is 1. The average molecular weight is 315 g/mol. The van der Waals surface area contributed by atoms with Crippen molar-refractivity contribution in [3.63, 3.8) is 0 Å². The Labute approximate surface area is 130 Å². The molecule has 5 heteroatoms. The van der Waals surface area contributed by atoms with Gasteiger partial charge in [-0.25, -0.2) is 0 Å². The third-order valence-corrected chi connectivity index (χ3v) is 4.55. The minimum atomic E-state index is -0.0609. The summed E-state index contributed by atoms with van der Waals surface area (Å²) in [5.41, 5.74) is 0.927. The van der Waals surface area contributed by atoms with Gasteiger partial charge in [-0.05, 0) is 44.0 Å². The first kappa shape index (κ1) is 15.6. The molecule has 0 saturated carbocycles. The zero-order valence-corrected chi connectivity index (χ0v) is 13.3. The summed E-state index contributed by atoms with van der Waals surface area (Å²) >= 11 is 12.1. The van der Waals surface area contributed by atoms with Crippen molar-refractivity contribution in [3.05, 3.63) is 33.8 Å². The molecule has 1 aromatic rings. The Hall–Kier alpha value is -0.770. The van der Waals surface area contributed by atoms with Crippen molar-refractivity contribution in [2.75, 3.05) is 20.1 Å². The molecule has 1 aliphatic heterocycles. The maximum atomic E-state index is 12.5. The molecule has 1 fully saturated rings. The smallest absolute Gasteiger partial charge is 0.227 e. The van der Waals surface area contributed by atoms with Crippen LogP contribution in [0, 0.1) is 5.92 Å². The van der Waals surface area contributed by atoms with E-state index in [4.69, 9.17) is 23.2 Å². The van der Waals surface area contributed by atoms with Crippen LogP contribution >= 0.6 is 23.2 Å². The average Bonchev–Trinajstić information content (AvgIpc) is 2.46. The third-order valence-electron chi connectivity index (χ3n) is 3.99. The first-order valence-corrected chi connectivity index (χ1v) is 7.68. The van der Waals surface area contributed by atoms with E-state index >= 15 is 0 Å². The Morgan fingerprint density at radius 3 is 2.80 bits per heavy atom. The lowest BCUT2D eigenvalue weighted by Crippen LogP contribution is -2.42. The second-order valence-corrected chi connectivity index (χ2v) is 6.18. The number of hydrogen-bond donors (Lipinski definition) is 1. The van der Waals surface area contributed by atoms with E-state index in [-0.39, 0.29) is 17.9 Å². The topological polar surface area (TPSA) is 32.3 Å². The molecule has 1 N–H and O–H groups in total. The molecule has 0 aromatic heterocycles. The van der Waals surface area contributed by atoms with Crippen LogP contribution in [0.4, 0.5) is 0 Å². The van der Waals surface area contributed by atoms with Crippen molar-refractivity contribution < 1.29 is 4.79 Å². The molecule has 0 spiro atoms. The molecule has 2 unspecified atom stereocenters. The van der Waals surface area contributed by atoms with Crippen LogP contribution in [0.1, 0.15) is 31.4 Å². The molecular formula is C15H20Cl2N2O. The van der Waals surface area contributed by atoms with Crippen LogP contribution in [-0.4, -0.2) is 30.9 Å². The van der Waals surface area contributed by atoms with Crippen LogP contribution in [0.25, 0.3) is 0 Å². The highest BCUT2D eigenvalue weighted by atomic mass is 35.5. The predicted molar refractivity (Wildman–Crippen MR) is 83.2 cm³/mol. The zero-order valence-electron chi connectivity index (χ0n) is 11.8. The molecule has 3 nitrogen and oxygen atoms in total. The molecule has 110 valence electrons. The van der Waals surface area contributed by atoms with Gasteiger partial charge >= 0.3 is 0 Å². The van der Waals surface area contributed by atoms with E-state index in [0.717, 1.165) is 31.5 Å². The SMILES string of the molecule is CC(c1ccc(Cl)cc1Cl)N(C)C(=O)C1CCCNC1. The Morgan fingerprint density at radius 2 is 2.20 bits per heavy atom.